The van der Waals surface area contributed by atoms with Gasteiger partial charge in [-0.2, -0.15) is 0 Å². The molecule has 3 rings (SSSR count). The molecule has 124 valence electrons. The highest BCUT2D eigenvalue weighted by Crippen LogP contribution is 2.20. The molecule has 0 unspecified atom stereocenters. The van der Waals surface area contributed by atoms with Gasteiger partial charge in [0, 0.05) is 12.6 Å². The van der Waals surface area contributed by atoms with E-state index in [2.05, 4.69) is 10.6 Å². The van der Waals surface area contributed by atoms with Crippen molar-refractivity contribution in [3.05, 3.63) is 89.6 Å². The lowest BCUT2D eigenvalue weighted by Gasteiger charge is -2.10. The lowest BCUT2D eigenvalue weighted by molar-refractivity contribution is -0.117. The number of carbonyl (C=O) groups excluding carboxylic acids is 2. The fraction of sp³-hybridized carbons (Fsp3) is 0.0476. The number of hydrogen-bond acceptors (Lipinski definition) is 2. The fourth-order valence-corrected chi connectivity index (χ4v) is 2.61. The van der Waals surface area contributed by atoms with E-state index in [1.807, 2.05) is 48.5 Å². The van der Waals surface area contributed by atoms with E-state index in [0.717, 1.165) is 16.3 Å². The van der Waals surface area contributed by atoms with Gasteiger partial charge in [0.2, 0.25) is 0 Å². The van der Waals surface area contributed by atoms with Crippen molar-refractivity contribution in [1.82, 2.24) is 10.6 Å². The summed E-state index contributed by atoms with van der Waals surface area (Å²) < 4.78 is 0. The van der Waals surface area contributed by atoms with Gasteiger partial charge in [-0.25, -0.2) is 0 Å². The Labute approximate surface area is 146 Å². The predicted molar refractivity (Wildman–Crippen MR) is 99.9 cm³/mol. The molecule has 0 heterocycles. The first-order valence-corrected chi connectivity index (χ1v) is 7.97. The average Bonchev–Trinajstić information content (AvgIpc) is 2.67. The first-order valence-electron chi connectivity index (χ1n) is 7.97. The first-order chi connectivity index (χ1) is 12.2. The molecule has 3 aromatic rings. The van der Waals surface area contributed by atoms with Crippen LogP contribution in [-0.4, -0.2) is 18.9 Å². The molecule has 2 N–H and O–H groups in total. The van der Waals surface area contributed by atoms with Crippen LogP contribution in [-0.2, 0) is 4.79 Å². The quantitative estimate of drug-likeness (QED) is 0.721. The normalized spacial score (nSPS) is 11.2. The van der Waals surface area contributed by atoms with E-state index in [9.17, 15) is 9.59 Å². The summed E-state index contributed by atoms with van der Waals surface area (Å²) in [5.74, 6) is -0.673. The van der Waals surface area contributed by atoms with Gasteiger partial charge in [-0.05, 0) is 34.5 Å². The highest BCUT2D eigenvalue weighted by molar-refractivity contribution is 6.06. The molecule has 0 spiro atoms. The minimum Gasteiger partial charge on any atom is -0.354 e. The topological polar surface area (TPSA) is 58.2 Å². The van der Waals surface area contributed by atoms with Crippen molar-refractivity contribution in [3.63, 3.8) is 0 Å². The zero-order valence-electron chi connectivity index (χ0n) is 13.8. The summed E-state index contributed by atoms with van der Waals surface area (Å²) in [7, 11) is 1.54. The Balaban J connectivity index is 1.99. The zero-order chi connectivity index (χ0) is 17.6. The van der Waals surface area contributed by atoms with Crippen molar-refractivity contribution in [2.45, 2.75) is 0 Å². The largest absolute Gasteiger partial charge is 0.354 e. The smallest absolute Gasteiger partial charge is 0.267 e. The molecule has 0 aliphatic rings. The summed E-state index contributed by atoms with van der Waals surface area (Å²) in [6.45, 7) is 0. The molecule has 0 bridgehead atoms. The van der Waals surface area contributed by atoms with Gasteiger partial charge in [-0.3, -0.25) is 9.59 Å². The Morgan fingerprint density at radius 3 is 2.28 bits per heavy atom. The summed E-state index contributed by atoms with van der Waals surface area (Å²) >= 11 is 0. The van der Waals surface area contributed by atoms with Gasteiger partial charge in [0.1, 0.15) is 5.70 Å². The molecule has 0 radical (unpaired) electrons. The van der Waals surface area contributed by atoms with E-state index in [0.29, 0.717) is 5.56 Å². The van der Waals surface area contributed by atoms with Crippen LogP contribution in [0.4, 0.5) is 0 Å². The van der Waals surface area contributed by atoms with Crippen LogP contribution in [0.2, 0.25) is 0 Å². The lowest BCUT2D eigenvalue weighted by atomic mass is 10.0. The highest BCUT2D eigenvalue weighted by Gasteiger charge is 2.13. The predicted octanol–water partition coefficient (Wildman–Crippen LogP) is 3.36. The molecule has 3 aromatic carbocycles. The summed E-state index contributed by atoms with van der Waals surface area (Å²) in [6, 6.07) is 22.6. The van der Waals surface area contributed by atoms with Crippen LogP contribution in [0.3, 0.4) is 0 Å². The van der Waals surface area contributed by atoms with Crippen molar-refractivity contribution >= 4 is 28.7 Å². The van der Waals surface area contributed by atoms with Crippen LogP contribution < -0.4 is 10.6 Å². The molecule has 4 nitrogen and oxygen atoms in total. The van der Waals surface area contributed by atoms with E-state index < -0.39 is 0 Å². The Morgan fingerprint density at radius 1 is 0.840 bits per heavy atom. The van der Waals surface area contributed by atoms with E-state index in [4.69, 9.17) is 0 Å². The third-order valence-electron chi connectivity index (χ3n) is 3.88. The maximum atomic E-state index is 12.4. The molecular weight excluding hydrogens is 312 g/mol. The zero-order valence-corrected chi connectivity index (χ0v) is 13.8. The Hall–Kier alpha value is -3.40. The maximum absolute atomic E-state index is 12.4. The van der Waals surface area contributed by atoms with Crippen LogP contribution in [0.1, 0.15) is 15.9 Å². The fourth-order valence-electron chi connectivity index (χ4n) is 2.61. The van der Waals surface area contributed by atoms with E-state index in [1.165, 1.54) is 7.05 Å². The number of fused-ring (bicyclic) bond motifs is 1. The van der Waals surface area contributed by atoms with Crippen LogP contribution in [0, 0.1) is 0 Å². The van der Waals surface area contributed by atoms with Crippen molar-refractivity contribution in [3.8, 4) is 0 Å². The van der Waals surface area contributed by atoms with Crippen molar-refractivity contribution in [2.75, 3.05) is 7.05 Å². The number of benzene rings is 3. The number of carbonyl (C=O) groups is 2. The Bertz CT molecular complexity index is 941. The molecule has 25 heavy (non-hydrogen) atoms. The summed E-state index contributed by atoms with van der Waals surface area (Å²) in [6.07, 6.45) is 1.70. The molecule has 2 amide bonds. The third-order valence-corrected chi connectivity index (χ3v) is 3.88. The highest BCUT2D eigenvalue weighted by atomic mass is 16.2. The molecule has 0 atom stereocenters. The van der Waals surface area contributed by atoms with Crippen molar-refractivity contribution < 1.29 is 9.59 Å². The van der Waals surface area contributed by atoms with Crippen molar-refractivity contribution in [1.29, 1.82) is 0 Å². The van der Waals surface area contributed by atoms with Gasteiger partial charge in [0.15, 0.2) is 0 Å². The van der Waals surface area contributed by atoms with Crippen LogP contribution >= 0.6 is 0 Å². The van der Waals surface area contributed by atoms with Crippen LogP contribution in [0.5, 0.6) is 0 Å². The first kappa shape index (κ1) is 16.5. The number of likely N-dealkylation sites (N-methyl/N-ethyl adjacent to an activating group) is 1. The molecular formula is C21H18N2O2. The van der Waals surface area contributed by atoms with E-state index in [1.54, 1.807) is 30.3 Å². The monoisotopic (exact) mass is 330 g/mol. The second-order valence-corrected chi connectivity index (χ2v) is 5.53. The summed E-state index contributed by atoms with van der Waals surface area (Å²) in [5.41, 5.74) is 1.56. The molecule has 0 aromatic heterocycles. The van der Waals surface area contributed by atoms with Gasteiger partial charge >= 0.3 is 0 Å². The number of nitrogens with one attached hydrogen (secondary N) is 2. The molecule has 0 fully saturated rings. The number of amides is 2. The number of hydrogen-bond donors (Lipinski definition) is 2. The van der Waals surface area contributed by atoms with Crippen LogP contribution in [0.15, 0.2) is 78.5 Å². The SMILES string of the molecule is CNC(=O)C(=Cc1cccc2ccccc12)NC(=O)c1ccccc1. The maximum Gasteiger partial charge on any atom is 0.267 e. The average molecular weight is 330 g/mol. The van der Waals surface area contributed by atoms with Gasteiger partial charge in [0.25, 0.3) is 11.8 Å². The standard InChI is InChI=1S/C21H18N2O2/c1-22-21(25)19(23-20(24)16-9-3-2-4-10-16)14-17-12-7-11-15-8-5-6-13-18(15)17/h2-14H,1H3,(H,22,25)(H,23,24). The third kappa shape index (κ3) is 3.75. The van der Waals surface area contributed by atoms with Crippen molar-refractivity contribution in [2.24, 2.45) is 0 Å². The van der Waals surface area contributed by atoms with Gasteiger partial charge in [-0.1, -0.05) is 60.7 Å². The molecule has 4 heteroatoms. The Kier molecular flexibility index (Phi) is 4.90. The van der Waals surface area contributed by atoms with E-state index in [-0.39, 0.29) is 17.5 Å². The lowest BCUT2D eigenvalue weighted by Crippen LogP contribution is -2.33. The van der Waals surface area contributed by atoms with Gasteiger partial charge in [-0.15, -0.1) is 0 Å². The summed E-state index contributed by atoms with van der Waals surface area (Å²) in [4.78, 5) is 24.6. The van der Waals surface area contributed by atoms with Gasteiger partial charge < -0.3 is 10.6 Å². The summed E-state index contributed by atoms with van der Waals surface area (Å²) in [5, 5.41) is 7.36. The minimum absolute atomic E-state index is 0.202. The van der Waals surface area contributed by atoms with Crippen LogP contribution in [0.25, 0.3) is 16.8 Å². The molecule has 0 aliphatic heterocycles. The molecule has 0 saturated carbocycles. The minimum atomic E-state index is -0.350. The van der Waals surface area contributed by atoms with E-state index >= 15 is 0 Å². The molecule has 0 saturated heterocycles. The second kappa shape index (κ2) is 7.45. The number of rotatable bonds is 4. The molecule has 0 aliphatic carbocycles. The van der Waals surface area contributed by atoms with Gasteiger partial charge in [0.05, 0.1) is 0 Å². The second-order valence-electron chi connectivity index (χ2n) is 5.53. The Morgan fingerprint density at radius 2 is 1.52 bits per heavy atom.